The van der Waals surface area contributed by atoms with Crippen LogP contribution in [0.2, 0.25) is 0 Å². The Kier molecular flexibility index (Phi) is 1.44. The molecule has 0 saturated heterocycles. The van der Waals surface area contributed by atoms with E-state index >= 15 is 0 Å². The fraction of sp³-hybridized carbons (Fsp3) is 0.500. The number of fused-ring (bicyclic) bond motifs is 1. The van der Waals surface area contributed by atoms with Gasteiger partial charge in [0, 0.05) is 0 Å². The maximum absolute atomic E-state index is 5.66. The Morgan fingerprint density at radius 3 is 2.93 bits per heavy atom. The second kappa shape index (κ2) is 2.63. The van der Waals surface area contributed by atoms with E-state index in [0.717, 1.165) is 18.5 Å². The third-order valence-electron chi connectivity index (χ3n) is 2.71. The van der Waals surface area contributed by atoms with Crippen LogP contribution in [0.5, 0.6) is 0 Å². The largest absolute Gasteiger partial charge is 0.382 e. The zero-order valence-electron chi connectivity index (χ0n) is 7.59. The summed E-state index contributed by atoms with van der Waals surface area (Å²) in [6.07, 6.45) is 5.02. The van der Waals surface area contributed by atoms with Gasteiger partial charge in [-0.15, -0.1) is 5.10 Å². The van der Waals surface area contributed by atoms with Crippen molar-refractivity contribution in [1.29, 1.82) is 0 Å². The zero-order chi connectivity index (χ0) is 9.54. The summed E-state index contributed by atoms with van der Waals surface area (Å²) in [4.78, 5) is 8.03. The lowest BCUT2D eigenvalue weighted by atomic mass is 9.93. The number of hydrogen-bond donors (Lipinski definition) is 1. The van der Waals surface area contributed by atoms with Gasteiger partial charge in [0.05, 0.1) is 6.04 Å². The average Bonchev–Trinajstić information content (AvgIpc) is 2.48. The van der Waals surface area contributed by atoms with Crippen molar-refractivity contribution >= 4 is 17.0 Å². The molecular formula is C8H10N6. The van der Waals surface area contributed by atoms with Crippen LogP contribution < -0.4 is 5.73 Å². The lowest BCUT2D eigenvalue weighted by molar-refractivity contribution is 0.290. The molecule has 6 heteroatoms. The molecule has 0 radical (unpaired) electrons. The molecule has 72 valence electrons. The van der Waals surface area contributed by atoms with Crippen molar-refractivity contribution in [2.75, 3.05) is 5.73 Å². The molecule has 0 aliphatic heterocycles. The van der Waals surface area contributed by atoms with E-state index in [1.807, 2.05) is 4.68 Å². The Morgan fingerprint density at radius 2 is 2.21 bits per heavy atom. The number of hydrogen-bond acceptors (Lipinski definition) is 5. The van der Waals surface area contributed by atoms with E-state index in [2.05, 4.69) is 20.3 Å². The van der Waals surface area contributed by atoms with Crippen LogP contribution >= 0.6 is 0 Å². The van der Waals surface area contributed by atoms with Gasteiger partial charge in [-0.2, -0.15) is 0 Å². The first-order valence-corrected chi connectivity index (χ1v) is 4.67. The van der Waals surface area contributed by atoms with Crippen molar-refractivity contribution in [3.63, 3.8) is 0 Å². The highest BCUT2D eigenvalue weighted by Gasteiger charge is 2.23. The topological polar surface area (TPSA) is 82.5 Å². The molecule has 0 spiro atoms. The van der Waals surface area contributed by atoms with Gasteiger partial charge in [0.1, 0.15) is 6.33 Å². The minimum atomic E-state index is 0.403. The van der Waals surface area contributed by atoms with Crippen LogP contribution in [0.4, 0.5) is 5.82 Å². The molecule has 1 aliphatic rings. The van der Waals surface area contributed by atoms with Gasteiger partial charge < -0.3 is 5.73 Å². The van der Waals surface area contributed by atoms with Crippen LogP contribution in [0.1, 0.15) is 25.3 Å². The van der Waals surface area contributed by atoms with Crippen molar-refractivity contribution in [2.24, 2.45) is 0 Å². The standard InChI is InChI=1S/C8H10N6/c9-7-6-8(11-4-10-7)14(13-12-6)5-2-1-3-5/h4-5H,1-3H2,(H2,9,10,11). The molecule has 3 rings (SSSR count). The van der Waals surface area contributed by atoms with Crippen molar-refractivity contribution in [1.82, 2.24) is 25.0 Å². The molecule has 2 aromatic rings. The Balaban J connectivity index is 2.20. The van der Waals surface area contributed by atoms with Gasteiger partial charge in [-0.3, -0.25) is 0 Å². The van der Waals surface area contributed by atoms with Crippen LogP contribution in [0.15, 0.2) is 6.33 Å². The van der Waals surface area contributed by atoms with Crippen LogP contribution in [-0.2, 0) is 0 Å². The number of nitrogens with zero attached hydrogens (tertiary/aromatic N) is 5. The molecular weight excluding hydrogens is 180 g/mol. The summed E-state index contributed by atoms with van der Waals surface area (Å²) >= 11 is 0. The predicted molar refractivity (Wildman–Crippen MR) is 50.4 cm³/mol. The molecule has 1 saturated carbocycles. The SMILES string of the molecule is Nc1ncnc2c1nnn2C1CCC1. The first-order chi connectivity index (χ1) is 6.86. The van der Waals surface area contributed by atoms with Crippen molar-refractivity contribution in [2.45, 2.75) is 25.3 Å². The van der Waals surface area contributed by atoms with Gasteiger partial charge in [-0.1, -0.05) is 5.21 Å². The molecule has 2 aromatic heterocycles. The molecule has 0 bridgehead atoms. The van der Waals surface area contributed by atoms with Crippen molar-refractivity contribution in [3.05, 3.63) is 6.33 Å². The second-order valence-electron chi connectivity index (χ2n) is 3.55. The third-order valence-corrected chi connectivity index (χ3v) is 2.71. The van der Waals surface area contributed by atoms with Crippen LogP contribution in [0.25, 0.3) is 11.2 Å². The lowest BCUT2D eigenvalue weighted by Gasteiger charge is -2.24. The summed E-state index contributed by atoms with van der Waals surface area (Å²) in [6.45, 7) is 0. The molecule has 0 atom stereocenters. The van der Waals surface area contributed by atoms with Gasteiger partial charge in [-0.05, 0) is 19.3 Å². The summed E-state index contributed by atoms with van der Waals surface area (Å²) in [5, 5.41) is 8.05. The molecule has 0 amide bonds. The Bertz CT molecular complexity index is 472. The molecule has 1 aliphatic carbocycles. The summed E-state index contributed by atoms with van der Waals surface area (Å²) < 4.78 is 1.86. The van der Waals surface area contributed by atoms with E-state index in [9.17, 15) is 0 Å². The third kappa shape index (κ3) is 0.905. The number of rotatable bonds is 1. The zero-order valence-corrected chi connectivity index (χ0v) is 7.59. The maximum Gasteiger partial charge on any atom is 0.184 e. The number of aromatic nitrogens is 5. The molecule has 0 aromatic carbocycles. The fourth-order valence-electron chi connectivity index (χ4n) is 1.66. The first-order valence-electron chi connectivity index (χ1n) is 4.67. The smallest absolute Gasteiger partial charge is 0.184 e. The highest BCUT2D eigenvalue weighted by atomic mass is 15.5. The van der Waals surface area contributed by atoms with Crippen LogP contribution in [-0.4, -0.2) is 25.0 Å². The molecule has 14 heavy (non-hydrogen) atoms. The van der Waals surface area contributed by atoms with Gasteiger partial charge in [0.25, 0.3) is 0 Å². The fourth-order valence-corrected chi connectivity index (χ4v) is 1.66. The molecule has 0 unspecified atom stereocenters. The molecule has 2 heterocycles. The van der Waals surface area contributed by atoms with Gasteiger partial charge >= 0.3 is 0 Å². The lowest BCUT2D eigenvalue weighted by Crippen LogP contribution is -2.18. The molecule has 2 N–H and O–H groups in total. The van der Waals surface area contributed by atoms with Gasteiger partial charge in [-0.25, -0.2) is 14.6 Å². The monoisotopic (exact) mass is 190 g/mol. The second-order valence-corrected chi connectivity index (χ2v) is 3.55. The van der Waals surface area contributed by atoms with E-state index in [-0.39, 0.29) is 0 Å². The van der Waals surface area contributed by atoms with Crippen LogP contribution in [0, 0.1) is 0 Å². The number of nitrogens with two attached hydrogens (primary N) is 1. The average molecular weight is 190 g/mol. The summed E-state index contributed by atoms with van der Waals surface area (Å²) in [5.41, 5.74) is 7.02. The minimum absolute atomic E-state index is 0.403. The van der Waals surface area contributed by atoms with E-state index in [1.165, 1.54) is 12.7 Å². The predicted octanol–water partition coefficient (Wildman–Crippen LogP) is 0.528. The Hall–Kier alpha value is -1.72. The Morgan fingerprint density at radius 1 is 1.36 bits per heavy atom. The number of anilines is 1. The number of nitrogen functional groups attached to an aromatic ring is 1. The normalized spacial score (nSPS) is 17.1. The maximum atomic E-state index is 5.66. The van der Waals surface area contributed by atoms with Crippen molar-refractivity contribution in [3.8, 4) is 0 Å². The summed E-state index contributed by atoms with van der Waals surface area (Å²) in [7, 11) is 0. The molecule has 1 fully saturated rings. The van der Waals surface area contributed by atoms with Gasteiger partial charge in [0.15, 0.2) is 17.0 Å². The highest BCUT2D eigenvalue weighted by molar-refractivity contribution is 5.80. The van der Waals surface area contributed by atoms with E-state index < -0.39 is 0 Å². The quantitative estimate of drug-likeness (QED) is 0.709. The molecule has 6 nitrogen and oxygen atoms in total. The van der Waals surface area contributed by atoms with E-state index in [4.69, 9.17) is 5.73 Å². The Labute approximate surface area is 80.1 Å². The van der Waals surface area contributed by atoms with Crippen LogP contribution in [0.3, 0.4) is 0 Å². The van der Waals surface area contributed by atoms with E-state index in [0.29, 0.717) is 17.4 Å². The van der Waals surface area contributed by atoms with E-state index in [1.54, 1.807) is 0 Å². The summed E-state index contributed by atoms with van der Waals surface area (Å²) in [6, 6.07) is 0.453. The summed E-state index contributed by atoms with van der Waals surface area (Å²) in [5.74, 6) is 0.403. The van der Waals surface area contributed by atoms with Gasteiger partial charge in [0.2, 0.25) is 0 Å². The minimum Gasteiger partial charge on any atom is -0.382 e. The van der Waals surface area contributed by atoms with Crippen molar-refractivity contribution < 1.29 is 0 Å². The highest BCUT2D eigenvalue weighted by Crippen LogP contribution is 2.32. The first kappa shape index (κ1) is 7.66.